The summed E-state index contributed by atoms with van der Waals surface area (Å²) in [5, 5.41) is 0. The topological polar surface area (TPSA) is 59.1 Å². The van der Waals surface area contributed by atoms with Crippen molar-refractivity contribution in [2.24, 2.45) is 5.92 Å². The molecule has 2 heterocycles. The Morgan fingerprint density at radius 2 is 2.13 bits per heavy atom. The molecular formula is C32H34N2O4. The Bertz CT molecular complexity index is 1390. The maximum absolute atomic E-state index is 13.3. The first-order chi connectivity index (χ1) is 18.3. The molecule has 1 saturated carbocycles. The van der Waals surface area contributed by atoms with Crippen LogP contribution in [0, 0.1) is 24.7 Å². The van der Waals surface area contributed by atoms with Gasteiger partial charge in [-0.25, -0.2) is 0 Å². The lowest BCUT2D eigenvalue weighted by Gasteiger charge is -2.60. The van der Waals surface area contributed by atoms with E-state index in [1.54, 1.807) is 4.90 Å². The van der Waals surface area contributed by atoms with Gasteiger partial charge in [-0.3, -0.25) is 14.5 Å². The number of benzene rings is 2. The van der Waals surface area contributed by atoms with E-state index in [4.69, 9.17) is 9.47 Å². The third kappa shape index (κ3) is 3.75. The average molecular weight is 511 g/mol. The number of ether oxygens (including phenoxy) is 2. The normalized spacial score (nSPS) is 28.3. The quantitative estimate of drug-likeness (QED) is 0.269. The fourth-order valence-corrected chi connectivity index (χ4v) is 7.72. The second kappa shape index (κ2) is 9.32. The number of esters is 1. The van der Waals surface area contributed by atoms with E-state index in [0.717, 1.165) is 61.2 Å². The number of hydrogen-bond acceptors (Lipinski definition) is 5. The van der Waals surface area contributed by atoms with Gasteiger partial charge in [-0.05, 0) is 74.9 Å². The third-order valence-corrected chi connectivity index (χ3v) is 9.17. The smallest absolute Gasteiger partial charge is 0.308 e. The second-order valence-corrected chi connectivity index (χ2v) is 11.2. The van der Waals surface area contributed by atoms with Gasteiger partial charge in [0.25, 0.3) is 5.91 Å². The van der Waals surface area contributed by atoms with Crippen LogP contribution in [0.15, 0.2) is 49.1 Å². The van der Waals surface area contributed by atoms with E-state index in [9.17, 15) is 9.59 Å². The molecule has 6 heteroatoms. The summed E-state index contributed by atoms with van der Waals surface area (Å²) in [7, 11) is 1.86. The molecule has 4 aliphatic rings. The molecule has 0 unspecified atom stereocenters. The van der Waals surface area contributed by atoms with E-state index in [1.807, 2.05) is 56.4 Å². The van der Waals surface area contributed by atoms with Crippen LogP contribution in [0.4, 0.5) is 0 Å². The van der Waals surface area contributed by atoms with Crippen LogP contribution in [0.3, 0.4) is 0 Å². The highest BCUT2D eigenvalue weighted by atomic mass is 16.5. The van der Waals surface area contributed by atoms with Crippen molar-refractivity contribution >= 4 is 11.9 Å². The van der Waals surface area contributed by atoms with Gasteiger partial charge in [0.2, 0.25) is 0 Å². The molecular weight excluding hydrogens is 476 g/mol. The van der Waals surface area contributed by atoms with Crippen molar-refractivity contribution in [1.82, 2.24) is 9.80 Å². The van der Waals surface area contributed by atoms with Crippen LogP contribution < -0.4 is 9.47 Å². The zero-order valence-electron chi connectivity index (χ0n) is 22.3. The minimum atomic E-state index is -0.316. The molecule has 0 N–H and O–H groups in total. The van der Waals surface area contributed by atoms with Crippen molar-refractivity contribution in [2.45, 2.75) is 63.1 Å². The third-order valence-electron chi connectivity index (χ3n) is 9.17. The molecule has 1 saturated heterocycles. The van der Waals surface area contributed by atoms with Gasteiger partial charge >= 0.3 is 5.97 Å². The van der Waals surface area contributed by atoms with Crippen LogP contribution >= 0.6 is 0 Å². The van der Waals surface area contributed by atoms with E-state index < -0.39 is 0 Å². The molecule has 2 fully saturated rings. The van der Waals surface area contributed by atoms with Crippen molar-refractivity contribution < 1.29 is 19.1 Å². The fourth-order valence-electron chi connectivity index (χ4n) is 7.72. The van der Waals surface area contributed by atoms with Crippen LogP contribution in [0.1, 0.15) is 48.4 Å². The number of carbonyl (C=O) groups is 2. The van der Waals surface area contributed by atoms with Gasteiger partial charge in [-0.15, -0.1) is 6.58 Å². The van der Waals surface area contributed by atoms with Gasteiger partial charge in [0.05, 0.1) is 6.04 Å². The first kappa shape index (κ1) is 24.8. The van der Waals surface area contributed by atoms with Gasteiger partial charge in [-0.2, -0.15) is 0 Å². The SMILES string of the molecule is C=CCN1CC[C@@]23c4c5ccc(OC(C)=O)c4C[C@@H]1[C@@H]2CC[C@@H](N(C)C(=O)C#Cc1cccc(C)c1)[C@@H]3O5. The number of nitrogens with zero attached hydrogens (tertiary/aromatic N) is 2. The van der Waals surface area contributed by atoms with Crippen LogP contribution in [-0.4, -0.2) is 60.0 Å². The number of amides is 1. The number of rotatable bonds is 4. The number of likely N-dealkylation sites (N-methyl/N-ethyl adjacent to an activating group) is 1. The Morgan fingerprint density at radius 3 is 2.89 bits per heavy atom. The minimum Gasteiger partial charge on any atom is -0.487 e. The number of carbonyl (C=O) groups excluding carboxylic acids is 2. The highest BCUT2D eigenvalue weighted by Gasteiger charge is 2.66. The Kier molecular flexibility index (Phi) is 6.07. The standard InChI is InChI=1S/C32H34N2O4/c1-5-16-34-17-15-32-24-10-11-25(33(4)29(36)14-9-22-8-6-7-20(2)18-22)31(32)38-28-13-12-27(37-21(3)35)23(30(28)32)19-26(24)34/h5-8,12-13,18,24-26,31H,1,10-11,15-17,19H2,2-4H3/t24-,25+,26+,31-,32-/m0/s1. The number of piperidine rings is 1. The maximum atomic E-state index is 13.3. The lowest BCUT2D eigenvalue weighted by atomic mass is 9.51. The second-order valence-electron chi connectivity index (χ2n) is 11.2. The summed E-state index contributed by atoms with van der Waals surface area (Å²) in [5.41, 5.74) is 4.03. The zero-order valence-corrected chi connectivity index (χ0v) is 22.3. The predicted octanol–water partition coefficient (Wildman–Crippen LogP) is 4.02. The van der Waals surface area contributed by atoms with Gasteiger partial charge in [0, 0.05) is 54.6 Å². The largest absolute Gasteiger partial charge is 0.487 e. The number of hydrogen-bond donors (Lipinski definition) is 0. The first-order valence-electron chi connectivity index (χ1n) is 13.6. The van der Waals surface area contributed by atoms with Crippen molar-refractivity contribution in [3.63, 3.8) is 0 Å². The molecule has 2 bridgehead atoms. The summed E-state index contributed by atoms with van der Waals surface area (Å²) in [5.74, 6) is 7.33. The highest BCUT2D eigenvalue weighted by molar-refractivity contribution is 5.94. The molecule has 0 radical (unpaired) electrons. The molecule has 196 valence electrons. The lowest BCUT2D eigenvalue weighted by Crippen LogP contribution is -2.68. The monoisotopic (exact) mass is 510 g/mol. The van der Waals surface area contributed by atoms with Gasteiger partial charge in [0.15, 0.2) is 0 Å². The van der Waals surface area contributed by atoms with Crippen molar-refractivity contribution in [3.8, 4) is 23.3 Å². The molecule has 1 spiro atoms. The molecule has 6 nitrogen and oxygen atoms in total. The van der Waals surface area contributed by atoms with Gasteiger partial charge in [-0.1, -0.05) is 24.1 Å². The van der Waals surface area contributed by atoms with Crippen molar-refractivity contribution in [1.29, 1.82) is 0 Å². The summed E-state index contributed by atoms with van der Waals surface area (Å²) in [4.78, 5) is 29.6. The van der Waals surface area contributed by atoms with Crippen LogP contribution in [-0.2, 0) is 21.4 Å². The molecule has 5 atom stereocenters. The highest BCUT2D eigenvalue weighted by Crippen LogP contribution is 2.63. The van der Waals surface area contributed by atoms with E-state index in [-0.39, 0.29) is 29.4 Å². The van der Waals surface area contributed by atoms with E-state index in [0.29, 0.717) is 17.7 Å². The average Bonchev–Trinajstić information content (AvgIpc) is 3.23. The summed E-state index contributed by atoms with van der Waals surface area (Å²) in [6.45, 7) is 9.24. The molecule has 0 aromatic heterocycles. The molecule has 6 rings (SSSR count). The number of likely N-dealkylation sites (tertiary alicyclic amines) is 1. The molecule has 2 aromatic carbocycles. The fraction of sp³-hybridized carbons (Fsp3) is 0.438. The number of aryl methyl sites for hydroxylation is 1. The van der Waals surface area contributed by atoms with E-state index in [2.05, 4.69) is 23.3 Å². The molecule has 2 aliphatic heterocycles. The van der Waals surface area contributed by atoms with Crippen LogP contribution in [0.2, 0.25) is 0 Å². The molecule has 2 aliphatic carbocycles. The van der Waals surface area contributed by atoms with Gasteiger partial charge < -0.3 is 14.4 Å². The summed E-state index contributed by atoms with van der Waals surface area (Å²) < 4.78 is 12.5. The predicted molar refractivity (Wildman–Crippen MR) is 145 cm³/mol. The Labute approximate surface area is 224 Å². The summed E-state index contributed by atoms with van der Waals surface area (Å²) >= 11 is 0. The van der Waals surface area contributed by atoms with Crippen molar-refractivity contribution in [2.75, 3.05) is 20.1 Å². The Balaban J connectivity index is 1.38. The van der Waals surface area contributed by atoms with E-state index >= 15 is 0 Å². The van der Waals surface area contributed by atoms with Gasteiger partial charge in [0.1, 0.15) is 17.6 Å². The Morgan fingerprint density at radius 1 is 1.29 bits per heavy atom. The first-order valence-corrected chi connectivity index (χ1v) is 13.6. The minimum absolute atomic E-state index is 0.0901. The zero-order chi connectivity index (χ0) is 26.6. The van der Waals surface area contributed by atoms with Crippen molar-refractivity contribution in [3.05, 3.63) is 71.3 Å². The van der Waals surface area contributed by atoms with Crippen LogP contribution in [0.25, 0.3) is 0 Å². The Hall–Kier alpha value is -3.56. The molecule has 38 heavy (non-hydrogen) atoms. The summed E-state index contributed by atoms with van der Waals surface area (Å²) in [6, 6.07) is 11.9. The molecule has 2 aromatic rings. The molecule has 1 amide bonds. The van der Waals surface area contributed by atoms with Crippen LogP contribution in [0.5, 0.6) is 11.5 Å². The lowest BCUT2D eigenvalue weighted by molar-refractivity contribution is -0.134. The maximum Gasteiger partial charge on any atom is 0.308 e. The van der Waals surface area contributed by atoms with E-state index in [1.165, 1.54) is 12.5 Å². The summed E-state index contributed by atoms with van der Waals surface area (Å²) in [6.07, 6.45) is 5.44.